The standard InChI is InChI=1S/C32H44N4O4.C31H42N4O4.C23H30ClN3O.C8H14N2O3.Na.H2O/c1-40-32(39)29-14-9-19-34(29)30(37)18-17-27-31(38)36(28-13-8-7-12-26(28)33-27)25-20-23-15-16-24(21-25)35(23)22-10-5-3-2-4-6-11-22;36-29(33-18-8-13-28(33)31(38)39)17-16-26-30(37)35(27-12-7-6-11-25(27)32-26)24-19-22-14-15-23(20-24)34(22)21-9-4-2-1-3-5-10-21;24-22-23(28)27(21-11-7-6-10-20(21)25-22)19-14-17-12-13-18(15-19)26(17)16-8-4-2-1-3-5-9-16;1-13-8(12)6-3-2-4-10(6)7(11)5-9;;/h7-8,12-13,22-25,29H,2-6,9-11,14-21H2,1H3;6-7,11-12,21-24,28H,1-5,8-10,13-20H2,(H,38,39);6-7,10-11,16-19H,1-5,8-9,12-15H2;6H,2-5,9H2,1H3;;1H2/q;;;;+1;/p-1/t23-,24+,25?,29-;22-,23+,24?,28?;17-,18+,19?;6-;;/m0..0../s1. The van der Waals surface area contributed by atoms with Crippen LogP contribution < -0.4 is 52.0 Å². The molecule has 6 bridgehead atoms. The second-order valence-electron chi connectivity index (χ2n) is 36.7. The van der Waals surface area contributed by atoms with Crippen molar-refractivity contribution in [2.45, 2.75) is 367 Å². The minimum Gasteiger partial charge on any atom is -0.870 e. The van der Waals surface area contributed by atoms with Gasteiger partial charge in [-0.15, -0.1) is 0 Å². The molecule has 3 saturated carbocycles. The number of aromatic nitrogens is 6. The molecule has 0 radical (unpaired) electrons. The van der Waals surface area contributed by atoms with Crippen molar-refractivity contribution >= 4 is 80.3 Å². The number of hydrogen-bond acceptors (Lipinski definition) is 19. The van der Waals surface area contributed by atoms with Crippen LogP contribution in [0.3, 0.4) is 0 Å². The van der Waals surface area contributed by atoms with E-state index in [0.717, 1.165) is 90.5 Å². The summed E-state index contributed by atoms with van der Waals surface area (Å²) in [6.45, 7) is 1.58. The first-order valence-corrected chi connectivity index (χ1v) is 46.8. The maximum Gasteiger partial charge on any atom is 1.00 e. The Hall–Kier alpha value is -7.01. The number of nitrogens with two attached hydrogens (primary N) is 1. The number of likely N-dealkylation sites (tertiary alicyclic amines) is 3. The number of fused-ring (bicyclic) bond motifs is 9. The van der Waals surface area contributed by atoms with Crippen LogP contribution in [0.2, 0.25) is 5.15 Å². The molecule has 0 spiro atoms. The zero-order valence-corrected chi connectivity index (χ0v) is 75.3. The van der Waals surface area contributed by atoms with Gasteiger partial charge >= 0.3 is 47.5 Å². The predicted molar refractivity (Wildman–Crippen MR) is 466 cm³/mol. The number of carboxylic acid groups (broad SMARTS) is 1. The van der Waals surface area contributed by atoms with E-state index in [1.165, 1.54) is 197 Å². The molecular weight excluding hydrogens is 1580 g/mol. The number of ether oxygens (including phenoxy) is 2. The van der Waals surface area contributed by atoms with Crippen molar-refractivity contribution in [2.24, 2.45) is 5.73 Å². The number of methoxy groups -OCH3 is 2. The molecular formula is C94H131ClN13NaO13. The van der Waals surface area contributed by atoms with Crippen molar-refractivity contribution in [2.75, 3.05) is 40.4 Å². The van der Waals surface area contributed by atoms with Crippen LogP contribution in [0, 0.1) is 0 Å². The van der Waals surface area contributed by atoms with E-state index in [0.29, 0.717) is 105 Å². The first kappa shape index (κ1) is 92.7. The normalized spacial score (nSPS) is 27.4. The van der Waals surface area contributed by atoms with Crippen LogP contribution in [0.15, 0.2) is 87.2 Å². The molecule has 26 nitrogen and oxygen atoms in total. The van der Waals surface area contributed by atoms with Crippen molar-refractivity contribution in [1.82, 2.24) is 58.1 Å². The van der Waals surface area contributed by atoms with Crippen molar-refractivity contribution in [3.63, 3.8) is 0 Å². The van der Waals surface area contributed by atoms with Gasteiger partial charge in [0.15, 0.2) is 5.15 Å². The van der Waals surface area contributed by atoms with Crippen LogP contribution in [0.4, 0.5) is 0 Å². The Morgan fingerprint density at radius 3 is 0.984 bits per heavy atom. The molecule has 9 saturated heterocycles. The average molecular weight is 1710 g/mol. The molecule has 3 aromatic carbocycles. The van der Waals surface area contributed by atoms with Gasteiger partial charge in [0.1, 0.15) is 29.5 Å². The molecule has 12 atom stereocenters. The molecule has 4 unspecified atom stereocenters. The minimum atomic E-state index is -0.951. The van der Waals surface area contributed by atoms with Gasteiger partial charge in [-0.3, -0.25) is 43.5 Å². The molecule has 12 fully saturated rings. The van der Waals surface area contributed by atoms with Crippen LogP contribution >= 0.6 is 11.6 Å². The third kappa shape index (κ3) is 20.8. The summed E-state index contributed by atoms with van der Waals surface area (Å²) in [6.07, 6.45) is 47.1. The van der Waals surface area contributed by atoms with E-state index in [2.05, 4.69) is 24.4 Å². The number of halogens is 1. The molecule has 18 rings (SSSR count). The van der Waals surface area contributed by atoms with Crippen LogP contribution in [0.5, 0.6) is 0 Å². The van der Waals surface area contributed by atoms with Gasteiger partial charge in [-0.1, -0.05) is 144 Å². The number of carbonyl (C=O) groups is 6. The number of rotatable bonds is 16. The largest absolute Gasteiger partial charge is 1.00 e. The number of nitrogens with zero attached hydrogens (tertiary/aromatic N) is 12. The second-order valence-corrected chi connectivity index (χ2v) is 37.1. The summed E-state index contributed by atoms with van der Waals surface area (Å²) in [5, 5.41) is 9.58. The van der Waals surface area contributed by atoms with Gasteiger partial charge in [0, 0.05) is 118 Å². The van der Waals surface area contributed by atoms with Crippen LogP contribution in [0.1, 0.15) is 293 Å². The third-order valence-corrected chi connectivity index (χ3v) is 29.9. The van der Waals surface area contributed by atoms with Crippen molar-refractivity contribution in [1.29, 1.82) is 0 Å². The number of benzene rings is 3. The maximum absolute atomic E-state index is 14.0. The molecule has 12 aliphatic rings. The van der Waals surface area contributed by atoms with E-state index in [1.807, 2.05) is 86.5 Å². The van der Waals surface area contributed by atoms with Gasteiger partial charge in [0.25, 0.3) is 16.7 Å². The summed E-state index contributed by atoms with van der Waals surface area (Å²) >= 11 is 6.23. The monoisotopic (exact) mass is 1710 g/mol. The molecule has 122 heavy (non-hydrogen) atoms. The molecule has 3 aliphatic carbocycles. The Labute approximate surface area is 745 Å². The topological polar surface area (TPSA) is 321 Å². The van der Waals surface area contributed by atoms with Crippen LogP contribution in [-0.4, -0.2) is 217 Å². The van der Waals surface area contributed by atoms with Crippen LogP contribution in [-0.2, 0) is 51.1 Å². The number of piperidine rings is 3. The van der Waals surface area contributed by atoms with E-state index < -0.39 is 24.1 Å². The zero-order valence-electron chi connectivity index (χ0n) is 72.5. The second kappa shape index (κ2) is 43.5. The van der Waals surface area contributed by atoms with E-state index in [9.17, 15) is 48.3 Å². The van der Waals surface area contributed by atoms with Crippen molar-refractivity contribution in [3.05, 3.63) is 120 Å². The molecule has 4 N–H and O–H groups in total. The Morgan fingerprint density at radius 2 is 0.664 bits per heavy atom. The Kier molecular flexibility index (Phi) is 33.0. The minimum absolute atomic E-state index is 0. The number of para-hydroxylation sites is 6. The zero-order chi connectivity index (χ0) is 83.5. The first-order valence-electron chi connectivity index (χ1n) is 46.4. The number of carboxylic acids is 1. The van der Waals surface area contributed by atoms with Gasteiger partial charge in [0.2, 0.25) is 17.7 Å². The Morgan fingerprint density at radius 1 is 0.377 bits per heavy atom. The molecule has 3 amide bonds. The summed E-state index contributed by atoms with van der Waals surface area (Å²) in [7, 11) is 2.69. The summed E-state index contributed by atoms with van der Waals surface area (Å²) < 4.78 is 15.5. The number of hydrogen-bond donors (Lipinski definition) is 2. The quantitative estimate of drug-likeness (QED) is 0.0671. The number of aliphatic carboxylic acids is 1. The van der Waals surface area contributed by atoms with Crippen molar-refractivity contribution in [3.8, 4) is 0 Å². The number of esters is 2. The summed E-state index contributed by atoms with van der Waals surface area (Å²) in [4.78, 5) is 140. The average Bonchev–Trinajstić information content (AvgIpc) is 1.44. The molecule has 6 aromatic rings. The van der Waals surface area contributed by atoms with Gasteiger partial charge < -0.3 is 54.2 Å². The van der Waals surface area contributed by atoms with Gasteiger partial charge in [0.05, 0.1) is 53.9 Å². The third-order valence-electron chi connectivity index (χ3n) is 29.6. The summed E-state index contributed by atoms with van der Waals surface area (Å²) in [6, 6.07) is 28.1. The molecule has 12 heterocycles. The van der Waals surface area contributed by atoms with Gasteiger partial charge in [-0.05, 0) is 190 Å². The first-order chi connectivity index (χ1) is 58.5. The summed E-state index contributed by atoms with van der Waals surface area (Å²) in [5.41, 5.74) is 11.0. The molecule has 9 aliphatic heterocycles. The Bertz CT molecular complexity index is 4710. The SMILES string of the molecule is COC(=O)[C@@H]1CCCN1C(=O)CCc1nc2ccccc2n(C2C[C@H]3CC[C@@H](C2)N3C2CCCCCCC2)c1=O.COC(=O)[C@@H]1CCCN1C(=O)CN.O=C(O)C1CCCN1C(=O)CCc1nc2ccccc2n(C2C[C@H]3CC[C@@H](C2)N3C2CCCCCCC2)c1=O.O=c1c(Cl)nc2ccccc2n1C1C[C@H]2CC[C@@H](C1)N2C1CCCCCCC1.[Na+].[OH-]. The molecule has 3 aromatic heterocycles. The predicted octanol–water partition coefficient (Wildman–Crippen LogP) is 10.7. The molecule has 28 heteroatoms. The maximum atomic E-state index is 14.0. The van der Waals surface area contributed by atoms with E-state index in [4.69, 9.17) is 32.0 Å². The summed E-state index contributed by atoms with van der Waals surface area (Å²) in [5.74, 6) is -2.16. The van der Waals surface area contributed by atoms with Gasteiger partial charge in [-0.2, -0.15) is 0 Å². The Balaban J connectivity index is 0.000000147. The van der Waals surface area contributed by atoms with E-state index >= 15 is 0 Å². The fraction of sp³-hybridized carbons (Fsp3) is 0.681. The fourth-order valence-corrected chi connectivity index (χ4v) is 24.4. The molecule has 658 valence electrons. The van der Waals surface area contributed by atoms with Gasteiger partial charge in [-0.25, -0.2) is 29.3 Å². The smallest absolute Gasteiger partial charge is 0.870 e. The number of amides is 3. The number of carbonyl (C=O) groups excluding carboxylic acids is 5. The number of aryl methyl sites for hydroxylation is 2. The van der Waals surface area contributed by atoms with E-state index in [-0.39, 0.29) is 137 Å². The van der Waals surface area contributed by atoms with Crippen molar-refractivity contribution < 1.29 is 78.4 Å². The fourth-order valence-electron chi connectivity index (χ4n) is 24.2. The van der Waals surface area contributed by atoms with E-state index in [1.54, 1.807) is 4.90 Å². The van der Waals surface area contributed by atoms with Crippen LogP contribution in [0.25, 0.3) is 33.1 Å².